The molecule has 0 aliphatic carbocycles. The Hall–Kier alpha value is -12.8. The molecular weight excluding hydrogens is 1640 g/mol. The summed E-state index contributed by atoms with van der Waals surface area (Å²) >= 11 is 0. The first-order valence-corrected chi connectivity index (χ1v) is 40.8. The molecule has 0 spiro atoms. The Morgan fingerprint density at radius 1 is 0.320 bits per heavy atom. The van der Waals surface area contributed by atoms with Crippen molar-refractivity contribution in [3.05, 3.63) is 71.8 Å². The molecule has 0 saturated carbocycles. The summed E-state index contributed by atoms with van der Waals surface area (Å²) < 4.78 is 0. The van der Waals surface area contributed by atoms with Gasteiger partial charge in [-0.2, -0.15) is 0 Å². The third kappa shape index (κ3) is 43.2. The summed E-state index contributed by atoms with van der Waals surface area (Å²) in [5, 5.41) is 84.3. The Balaban J connectivity index is 2.41. The number of hydrogen-bond donors (Lipinski definition) is 24. The van der Waals surface area contributed by atoms with E-state index >= 15 is 0 Å². The Kier molecular flexibility index (Phi) is 48.5. The van der Waals surface area contributed by atoms with Crippen molar-refractivity contribution >= 4 is 124 Å². The van der Waals surface area contributed by atoms with E-state index in [1.807, 2.05) is 0 Å². The molecule has 0 bridgehead atoms. The van der Waals surface area contributed by atoms with E-state index in [0.29, 0.717) is 24.0 Å². The first-order chi connectivity index (χ1) is 58.6. The van der Waals surface area contributed by atoms with Gasteiger partial charge >= 0.3 is 23.9 Å². The maximum atomic E-state index is 14.7. The number of benzene rings is 2. The van der Waals surface area contributed by atoms with E-state index in [4.69, 9.17) is 22.9 Å². The van der Waals surface area contributed by atoms with Crippen molar-refractivity contribution in [3.63, 3.8) is 0 Å². The summed E-state index contributed by atoms with van der Waals surface area (Å²) in [5.41, 5.74) is 23.1. The standard InChI is InChI=1S/C80H123N19O26/c1-40(2)32-53(89-62(103)38-85-70(114)58(37-61(84)102)98-73(117)51(26-30-65(108)109)91-72(116)50(25-29-64(106)107)90-66(110)43(7)87-74(118)56(35-46-18-12-10-13-19-46)94-69(113)48(82)23-27-60(83)101)75(119)95-55(34-42(5)6)77(121)97-57(36-47-20-14-11-15-21-47)78(122)96-54(33-41(3)4)76(120)92-49(24-28-63(104)105)71(115)86-45(9)68(112)99-59(39-100)79(123)88-44(8)67(111)93-52(80(124)125)22-16-17-31-81/h10-15,18-21,40-45,48-59,100H,16-17,22-39,81-82H2,1-9H3,(H2,83,101)(H2,84,102)(H,85,114)(H,86,115)(H,87,118)(H,88,123)(H,89,103)(H,90,110)(H,91,116)(H,92,120)(H,93,111)(H,94,113)(H,95,119)(H,96,122)(H,97,121)(H,98,117)(H,99,112)(H,104,105)(H,106,107)(H,108,109)(H,124,125)/t43-,44-,45-,48-,49-,50-,51-,52-,53-,54-,55-,56-,57-,58-,59-/m0/s1. The number of aliphatic hydroxyl groups is 1. The zero-order valence-corrected chi connectivity index (χ0v) is 71.4. The van der Waals surface area contributed by atoms with Crippen LogP contribution >= 0.6 is 0 Å². The Bertz CT molecular complexity index is 4040. The summed E-state index contributed by atoms with van der Waals surface area (Å²) in [5.74, 6) is -24.8. The number of amides is 17. The molecule has 0 heterocycles. The number of carboxylic acids is 4. The second kappa shape index (κ2) is 56.1. The number of rotatable bonds is 60. The van der Waals surface area contributed by atoms with Crippen LogP contribution < -0.4 is 103 Å². The fourth-order valence-corrected chi connectivity index (χ4v) is 12.1. The normalized spacial score (nSPS) is 14.7. The number of primary amides is 2. The molecule has 17 amide bonds. The van der Waals surface area contributed by atoms with Gasteiger partial charge in [-0.1, -0.05) is 102 Å². The van der Waals surface area contributed by atoms with Crippen molar-refractivity contribution in [1.29, 1.82) is 0 Å². The van der Waals surface area contributed by atoms with Crippen LogP contribution in [-0.4, -0.2) is 260 Å². The number of carbonyl (C=O) groups is 21. The lowest BCUT2D eigenvalue weighted by atomic mass is 9.98. The molecule has 0 radical (unpaired) electrons. The van der Waals surface area contributed by atoms with Gasteiger partial charge in [-0.05, 0) is 120 Å². The second-order valence-electron chi connectivity index (χ2n) is 31.3. The first kappa shape index (κ1) is 108. The lowest BCUT2D eigenvalue weighted by molar-refractivity contribution is -0.142. The van der Waals surface area contributed by atoms with E-state index in [2.05, 4.69) is 79.8 Å². The number of aliphatic carboxylic acids is 4. The van der Waals surface area contributed by atoms with Crippen LogP contribution in [0.1, 0.15) is 170 Å². The average molecular weight is 1770 g/mol. The van der Waals surface area contributed by atoms with Crippen LogP contribution in [0.3, 0.4) is 0 Å². The molecular formula is C80H123N19O26. The summed E-state index contributed by atoms with van der Waals surface area (Å²) in [6, 6.07) is -7.32. The number of aliphatic hydroxyl groups excluding tert-OH is 1. The van der Waals surface area contributed by atoms with Gasteiger partial charge in [0.2, 0.25) is 100 Å². The smallest absolute Gasteiger partial charge is 0.326 e. The summed E-state index contributed by atoms with van der Waals surface area (Å²) in [4.78, 5) is 279. The molecule has 28 N–H and O–H groups in total. The van der Waals surface area contributed by atoms with Crippen molar-refractivity contribution in [1.82, 2.24) is 79.8 Å². The Morgan fingerprint density at radius 3 is 0.992 bits per heavy atom. The molecule has 45 nitrogen and oxygen atoms in total. The lowest BCUT2D eigenvalue weighted by Gasteiger charge is -2.29. The van der Waals surface area contributed by atoms with Gasteiger partial charge in [-0.25, -0.2) is 4.79 Å². The number of nitrogens with two attached hydrogens (primary N) is 4. The predicted molar refractivity (Wildman–Crippen MR) is 444 cm³/mol. The predicted octanol–water partition coefficient (Wildman–Crippen LogP) is -6.16. The SMILES string of the molecule is CC(C)C[C@H](NC(=O)CNC(=O)[C@H](CC(N)=O)NC(=O)[C@H](CCC(=O)O)NC(=O)[C@H](CCC(=O)O)NC(=O)[C@H](C)NC(=O)[C@H](Cc1ccccc1)NC(=O)[C@@H](N)CCC(N)=O)C(=O)N[C@@H](CC(C)C)C(=O)N[C@@H](Cc1ccccc1)C(=O)N[C@@H](CC(C)C)C(=O)N[C@@H](CCC(=O)O)C(=O)N[C@@H](C)C(=O)N[C@@H](CO)C(=O)N[C@@H](C)C(=O)N[C@@H](CCCCN)C(=O)O. The number of carboxylic acid groups (broad SMARTS) is 4. The highest BCUT2D eigenvalue weighted by Crippen LogP contribution is 2.16. The highest BCUT2D eigenvalue weighted by molar-refractivity contribution is 6.01. The van der Waals surface area contributed by atoms with Crippen LogP contribution in [0.25, 0.3) is 0 Å². The van der Waals surface area contributed by atoms with Crippen LogP contribution in [0.15, 0.2) is 60.7 Å². The topological polar surface area (TPSA) is 744 Å². The molecule has 694 valence electrons. The van der Waals surface area contributed by atoms with Gasteiger partial charge in [0.15, 0.2) is 0 Å². The lowest BCUT2D eigenvalue weighted by Crippen LogP contribution is -2.61. The minimum Gasteiger partial charge on any atom is -0.481 e. The van der Waals surface area contributed by atoms with E-state index in [-0.39, 0.29) is 75.7 Å². The molecule has 0 aliphatic heterocycles. The number of unbranched alkanes of at least 4 members (excludes halogenated alkanes) is 1. The molecule has 0 aromatic heterocycles. The number of hydrogen-bond acceptors (Lipinski definition) is 24. The van der Waals surface area contributed by atoms with Crippen molar-refractivity contribution < 1.29 is 126 Å². The quantitative estimate of drug-likeness (QED) is 0.0274. The Labute approximate surface area is 721 Å². The Morgan fingerprint density at radius 2 is 0.632 bits per heavy atom. The molecule has 0 saturated heterocycles. The van der Waals surface area contributed by atoms with Gasteiger partial charge in [-0.15, -0.1) is 0 Å². The van der Waals surface area contributed by atoms with Gasteiger partial charge in [0.05, 0.1) is 25.6 Å². The molecule has 0 fully saturated rings. The largest absolute Gasteiger partial charge is 0.481 e. The van der Waals surface area contributed by atoms with Gasteiger partial charge in [0.1, 0.15) is 84.6 Å². The third-order valence-electron chi connectivity index (χ3n) is 18.8. The minimum atomic E-state index is -1.98. The fourth-order valence-electron chi connectivity index (χ4n) is 12.1. The molecule has 125 heavy (non-hydrogen) atoms. The zero-order valence-electron chi connectivity index (χ0n) is 71.4. The number of carbonyl (C=O) groups excluding carboxylic acids is 17. The summed E-state index contributed by atoms with van der Waals surface area (Å²) in [6.45, 7) is 11.9. The fraction of sp³-hybridized carbons (Fsp3) is 0.588. The van der Waals surface area contributed by atoms with Crippen LogP contribution in [0, 0.1) is 17.8 Å². The summed E-state index contributed by atoms with van der Waals surface area (Å²) in [6.07, 6.45) is -5.67. The van der Waals surface area contributed by atoms with Gasteiger partial charge < -0.3 is 128 Å². The van der Waals surface area contributed by atoms with E-state index in [9.17, 15) is 126 Å². The molecule has 45 heteroatoms. The van der Waals surface area contributed by atoms with Crippen LogP contribution in [0.5, 0.6) is 0 Å². The highest BCUT2D eigenvalue weighted by Gasteiger charge is 2.39. The zero-order chi connectivity index (χ0) is 94.5. The molecule has 2 rings (SSSR count). The van der Waals surface area contributed by atoms with Gasteiger partial charge in [0.25, 0.3) is 0 Å². The van der Waals surface area contributed by atoms with Crippen molar-refractivity contribution in [2.45, 2.75) is 262 Å². The molecule has 0 unspecified atom stereocenters. The van der Waals surface area contributed by atoms with Crippen LogP contribution in [0.2, 0.25) is 0 Å². The molecule has 2 aromatic rings. The third-order valence-corrected chi connectivity index (χ3v) is 18.8. The highest BCUT2D eigenvalue weighted by atomic mass is 16.4. The molecule has 15 atom stereocenters. The van der Waals surface area contributed by atoms with E-state index in [1.54, 1.807) is 102 Å². The molecule has 0 aliphatic rings. The monoisotopic (exact) mass is 1770 g/mol. The maximum absolute atomic E-state index is 14.7. The van der Waals surface area contributed by atoms with E-state index in [1.165, 1.54) is 13.8 Å². The second-order valence-corrected chi connectivity index (χ2v) is 31.3. The van der Waals surface area contributed by atoms with Crippen molar-refractivity contribution in [3.8, 4) is 0 Å². The average Bonchev–Trinajstić information content (AvgIpc) is 0.850. The van der Waals surface area contributed by atoms with Crippen LogP contribution in [0.4, 0.5) is 0 Å². The van der Waals surface area contributed by atoms with Crippen LogP contribution in [-0.2, 0) is 114 Å². The van der Waals surface area contributed by atoms with E-state index < -0.39 is 273 Å². The minimum absolute atomic E-state index is 0.0300. The summed E-state index contributed by atoms with van der Waals surface area (Å²) in [7, 11) is 0. The van der Waals surface area contributed by atoms with Gasteiger partial charge in [-0.3, -0.25) is 95.9 Å². The maximum Gasteiger partial charge on any atom is 0.326 e. The van der Waals surface area contributed by atoms with Gasteiger partial charge in [0, 0.05) is 38.5 Å². The van der Waals surface area contributed by atoms with Crippen molar-refractivity contribution in [2.24, 2.45) is 40.7 Å². The first-order valence-electron chi connectivity index (χ1n) is 40.8. The van der Waals surface area contributed by atoms with Crippen molar-refractivity contribution in [2.75, 3.05) is 19.7 Å². The number of nitrogens with one attached hydrogen (secondary N) is 15. The van der Waals surface area contributed by atoms with E-state index in [0.717, 1.165) is 6.92 Å². The molecule has 2 aromatic carbocycles.